The Morgan fingerprint density at radius 2 is 1.82 bits per heavy atom. The summed E-state index contributed by atoms with van der Waals surface area (Å²) >= 11 is 0. The molecule has 1 saturated heterocycles. The molecular weight excluding hydrogens is 410 g/mol. The first-order chi connectivity index (χ1) is 16.1. The van der Waals surface area contributed by atoms with Gasteiger partial charge >= 0.3 is 0 Å². The molecule has 3 rings (SSSR count). The van der Waals surface area contributed by atoms with Gasteiger partial charge in [0.05, 0.1) is 0 Å². The van der Waals surface area contributed by atoms with Gasteiger partial charge in [-0.3, -0.25) is 14.7 Å². The van der Waals surface area contributed by atoms with Gasteiger partial charge in [0, 0.05) is 65.5 Å². The van der Waals surface area contributed by atoms with Crippen molar-refractivity contribution in [2.24, 2.45) is 4.99 Å². The van der Waals surface area contributed by atoms with Gasteiger partial charge in [-0.15, -0.1) is 0 Å². The van der Waals surface area contributed by atoms with Gasteiger partial charge in [-0.05, 0) is 36.6 Å². The molecule has 0 radical (unpaired) electrons. The second-order valence-electron chi connectivity index (χ2n) is 8.49. The number of nitrogens with zero attached hydrogens (tertiary/aromatic N) is 4. The molecule has 1 aliphatic rings. The number of aliphatic imine (C=N–C) groups is 1. The predicted molar refractivity (Wildman–Crippen MR) is 138 cm³/mol. The quantitative estimate of drug-likeness (QED) is 0.499. The number of hydrogen-bond acceptors (Lipinski definition) is 3. The Balaban J connectivity index is 1.49. The van der Waals surface area contributed by atoms with E-state index < -0.39 is 0 Å². The Bertz CT molecular complexity index is 931. The normalized spacial score (nSPS) is 15.1. The van der Waals surface area contributed by atoms with Gasteiger partial charge in [0.25, 0.3) is 5.91 Å². The van der Waals surface area contributed by atoms with E-state index in [4.69, 9.17) is 4.99 Å². The Labute approximate surface area is 198 Å². The van der Waals surface area contributed by atoms with Crippen molar-refractivity contribution in [1.29, 1.82) is 0 Å². The standard InChI is InChI=1S/C27H37N5O/c1-4-28-27(29-16-15-24-12-8-14-25(22-24)26(33)30(2)3)32-20-18-31(19-21-32)17-9-13-23-10-6-5-7-11-23/h5-14,22H,4,15-21H2,1-3H3,(H,28,29)/b13-9+. The van der Waals surface area contributed by atoms with E-state index in [-0.39, 0.29) is 5.91 Å². The van der Waals surface area contributed by atoms with Crippen molar-refractivity contribution in [3.63, 3.8) is 0 Å². The highest BCUT2D eigenvalue weighted by atomic mass is 16.2. The highest BCUT2D eigenvalue weighted by molar-refractivity contribution is 5.94. The van der Waals surface area contributed by atoms with Crippen LogP contribution in [0.1, 0.15) is 28.4 Å². The first kappa shape index (κ1) is 24.5. The summed E-state index contributed by atoms with van der Waals surface area (Å²) in [5.74, 6) is 1.02. The average molecular weight is 448 g/mol. The highest BCUT2D eigenvalue weighted by Gasteiger charge is 2.18. The van der Waals surface area contributed by atoms with Crippen LogP contribution in [-0.2, 0) is 6.42 Å². The minimum absolute atomic E-state index is 0.0326. The third kappa shape index (κ3) is 7.75. The molecule has 1 amide bonds. The third-order valence-corrected chi connectivity index (χ3v) is 5.72. The molecule has 1 fully saturated rings. The van der Waals surface area contributed by atoms with Crippen molar-refractivity contribution in [1.82, 2.24) is 20.0 Å². The van der Waals surface area contributed by atoms with Gasteiger partial charge in [0.1, 0.15) is 0 Å². The maximum Gasteiger partial charge on any atom is 0.253 e. The zero-order chi connectivity index (χ0) is 23.5. The molecule has 0 saturated carbocycles. The molecule has 2 aromatic carbocycles. The fraction of sp³-hybridized carbons (Fsp3) is 0.407. The SMILES string of the molecule is CCNC(=NCCc1cccc(C(=O)N(C)C)c1)N1CCN(C/C=C/c2ccccc2)CC1. The first-order valence-corrected chi connectivity index (χ1v) is 11.8. The molecule has 0 atom stereocenters. The van der Waals surface area contributed by atoms with E-state index in [1.165, 1.54) is 5.56 Å². The van der Waals surface area contributed by atoms with E-state index >= 15 is 0 Å². The summed E-state index contributed by atoms with van der Waals surface area (Å²) in [6, 6.07) is 18.3. The second kappa shape index (κ2) is 12.8. The molecule has 6 nitrogen and oxygen atoms in total. The van der Waals surface area contributed by atoms with Crippen molar-refractivity contribution in [2.75, 3.05) is 59.9 Å². The van der Waals surface area contributed by atoms with Gasteiger partial charge in [-0.1, -0.05) is 54.6 Å². The van der Waals surface area contributed by atoms with Crippen molar-refractivity contribution in [3.8, 4) is 0 Å². The van der Waals surface area contributed by atoms with Crippen molar-refractivity contribution >= 4 is 17.9 Å². The monoisotopic (exact) mass is 447 g/mol. The van der Waals surface area contributed by atoms with Gasteiger partial charge in [0.15, 0.2) is 5.96 Å². The Kier molecular flexibility index (Phi) is 9.51. The molecule has 0 aromatic heterocycles. The molecule has 2 aromatic rings. The fourth-order valence-corrected chi connectivity index (χ4v) is 3.88. The van der Waals surface area contributed by atoms with Crippen molar-refractivity contribution in [2.45, 2.75) is 13.3 Å². The lowest BCUT2D eigenvalue weighted by Crippen LogP contribution is -2.52. The number of piperazine rings is 1. The van der Waals surface area contributed by atoms with Gasteiger partial charge in [-0.2, -0.15) is 0 Å². The van der Waals surface area contributed by atoms with E-state index in [0.717, 1.165) is 62.8 Å². The zero-order valence-corrected chi connectivity index (χ0v) is 20.2. The summed E-state index contributed by atoms with van der Waals surface area (Å²) in [4.78, 5) is 23.5. The summed E-state index contributed by atoms with van der Waals surface area (Å²) < 4.78 is 0. The molecule has 1 aliphatic heterocycles. The lowest BCUT2D eigenvalue weighted by atomic mass is 10.1. The molecule has 0 aliphatic carbocycles. The largest absolute Gasteiger partial charge is 0.357 e. The van der Waals surface area contributed by atoms with Crippen LogP contribution in [0, 0.1) is 0 Å². The molecule has 1 heterocycles. The Hall–Kier alpha value is -3.12. The molecule has 0 bridgehead atoms. The van der Waals surface area contributed by atoms with Crippen LogP contribution in [0.5, 0.6) is 0 Å². The van der Waals surface area contributed by atoms with Crippen LogP contribution in [0.15, 0.2) is 65.7 Å². The summed E-state index contributed by atoms with van der Waals surface area (Å²) in [7, 11) is 3.56. The number of benzene rings is 2. The number of hydrogen-bond donors (Lipinski definition) is 1. The second-order valence-corrected chi connectivity index (χ2v) is 8.49. The number of carbonyl (C=O) groups is 1. The first-order valence-electron chi connectivity index (χ1n) is 11.8. The molecular formula is C27H37N5O. The van der Waals surface area contributed by atoms with Crippen LogP contribution in [-0.4, -0.2) is 86.5 Å². The topological polar surface area (TPSA) is 51.2 Å². The molecule has 0 unspecified atom stereocenters. The molecule has 1 N–H and O–H groups in total. The van der Waals surface area contributed by atoms with E-state index in [1.54, 1.807) is 19.0 Å². The summed E-state index contributed by atoms with van der Waals surface area (Å²) in [6.45, 7) is 8.62. The Morgan fingerprint density at radius 3 is 2.52 bits per heavy atom. The Morgan fingerprint density at radius 1 is 1.06 bits per heavy atom. The highest BCUT2D eigenvalue weighted by Crippen LogP contribution is 2.09. The summed E-state index contributed by atoms with van der Waals surface area (Å²) in [6.07, 6.45) is 5.26. The minimum atomic E-state index is 0.0326. The maximum absolute atomic E-state index is 12.2. The number of carbonyl (C=O) groups excluding carboxylic acids is 1. The van der Waals surface area contributed by atoms with Crippen LogP contribution >= 0.6 is 0 Å². The van der Waals surface area contributed by atoms with Crippen LogP contribution in [0.25, 0.3) is 6.08 Å². The molecule has 176 valence electrons. The maximum atomic E-state index is 12.2. The zero-order valence-electron chi connectivity index (χ0n) is 20.2. The van der Waals surface area contributed by atoms with E-state index in [1.807, 2.05) is 24.3 Å². The van der Waals surface area contributed by atoms with Gasteiger partial charge < -0.3 is 15.1 Å². The number of nitrogens with one attached hydrogen (secondary N) is 1. The molecule has 33 heavy (non-hydrogen) atoms. The van der Waals surface area contributed by atoms with E-state index in [0.29, 0.717) is 6.54 Å². The molecule has 0 spiro atoms. The van der Waals surface area contributed by atoms with Gasteiger partial charge in [-0.25, -0.2) is 0 Å². The van der Waals surface area contributed by atoms with Crippen LogP contribution in [0.4, 0.5) is 0 Å². The minimum Gasteiger partial charge on any atom is -0.357 e. The average Bonchev–Trinajstić information content (AvgIpc) is 2.84. The smallest absolute Gasteiger partial charge is 0.253 e. The summed E-state index contributed by atoms with van der Waals surface area (Å²) in [5.41, 5.74) is 3.11. The van der Waals surface area contributed by atoms with Crippen molar-refractivity contribution < 1.29 is 4.79 Å². The fourth-order valence-electron chi connectivity index (χ4n) is 3.88. The summed E-state index contributed by atoms with van der Waals surface area (Å²) in [5, 5.41) is 3.45. The molecule has 6 heteroatoms. The number of rotatable bonds is 8. The third-order valence-electron chi connectivity index (χ3n) is 5.72. The number of guanidine groups is 1. The lowest BCUT2D eigenvalue weighted by molar-refractivity contribution is 0.0827. The van der Waals surface area contributed by atoms with E-state index in [9.17, 15) is 4.79 Å². The number of amides is 1. The van der Waals surface area contributed by atoms with Gasteiger partial charge in [0.2, 0.25) is 0 Å². The van der Waals surface area contributed by atoms with Crippen LogP contribution in [0.3, 0.4) is 0 Å². The van der Waals surface area contributed by atoms with E-state index in [2.05, 4.69) is 64.5 Å². The van der Waals surface area contributed by atoms with Crippen LogP contribution < -0.4 is 5.32 Å². The lowest BCUT2D eigenvalue weighted by Gasteiger charge is -2.36. The predicted octanol–water partition coefficient (Wildman–Crippen LogP) is 3.23. The van der Waals surface area contributed by atoms with Crippen molar-refractivity contribution in [3.05, 3.63) is 77.4 Å². The van der Waals surface area contributed by atoms with Crippen LogP contribution in [0.2, 0.25) is 0 Å².